The Bertz CT molecular complexity index is 781. The van der Waals surface area contributed by atoms with Crippen molar-refractivity contribution in [1.29, 1.82) is 0 Å². The molecule has 0 fully saturated rings. The van der Waals surface area contributed by atoms with Crippen molar-refractivity contribution in [1.82, 2.24) is 10.0 Å². The highest BCUT2D eigenvalue weighted by Crippen LogP contribution is 2.16. The zero-order chi connectivity index (χ0) is 18.1. The molecule has 2 N–H and O–H groups in total. The third kappa shape index (κ3) is 7.64. The van der Waals surface area contributed by atoms with Crippen molar-refractivity contribution in [3.8, 4) is 5.75 Å². The summed E-state index contributed by atoms with van der Waals surface area (Å²) in [5, 5.41) is 3.25. The smallest absolute Gasteiger partial charge is 0.208 e. The van der Waals surface area contributed by atoms with Crippen molar-refractivity contribution in [2.24, 2.45) is 0 Å². The molecule has 0 aliphatic rings. The number of halogens is 1. The van der Waals surface area contributed by atoms with Crippen LogP contribution < -0.4 is 14.8 Å². The second kappa shape index (κ2) is 9.50. The van der Waals surface area contributed by atoms with Gasteiger partial charge in [0.25, 0.3) is 0 Å². The molecule has 0 radical (unpaired) electrons. The van der Waals surface area contributed by atoms with E-state index in [1.54, 1.807) is 18.2 Å². The Morgan fingerprint density at radius 1 is 1.08 bits per heavy atom. The lowest BCUT2D eigenvalue weighted by Gasteiger charge is -2.10. The number of nitrogens with one attached hydrogen (secondary N) is 2. The molecule has 0 spiro atoms. The van der Waals surface area contributed by atoms with Gasteiger partial charge in [-0.15, -0.1) is 0 Å². The number of ether oxygens (including phenoxy) is 1. The Morgan fingerprint density at radius 2 is 1.88 bits per heavy atom. The van der Waals surface area contributed by atoms with Gasteiger partial charge in [0.2, 0.25) is 10.0 Å². The molecule has 0 amide bonds. The molecule has 5 nitrogen and oxygen atoms in total. The maximum Gasteiger partial charge on any atom is 0.208 e. The number of benzene rings is 2. The first-order valence-electron chi connectivity index (χ1n) is 8.04. The predicted molar refractivity (Wildman–Crippen MR) is 96.3 cm³/mol. The highest BCUT2D eigenvalue weighted by Gasteiger charge is 2.03. The molecule has 25 heavy (non-hydrogen) atoms. The van der Waals surface area contributed by atoms with E-state index in [1.165, 1.54) is 6.07 Å². The third-order valence-electron chi connectivity index (χ3n) is 3.47. The zero-order valence-corrected chi connectivity index (χ0v) is 15.0. The molecular formula is C18H23FN2O3S. The van der Waals surface area contributed by atoms with Crippen LogP contribution in [0, 0.1) is 5.82 Å². The first-order chi connectivity index (χ1) is 11.9. The highest BCUT2D eigenvalue weighted by atomic mass is 32.2. The Labute approximate surface area is 148 Å². The molecule has 0 heterocycles. The predicted octanol–water partition coefficient (Wildman–Crippen LogP) is 2.43. The minimum Gasteiger partial charge on any atom is -0.489 e. The quantitative estimate of drug-likeness (QED) is 0.634. The molecule has 2 aromatic rings. The van der Waals surface area contributed by atoms with Crippen molar-refractivity contribution in [2.45, 2.75) is 19.6 Å². The summed E-state index contributed by atoms with van der Waals surface area (Å²) in [5.41, 5.74) is 1.56. The van der Waals surface area contributed by atoms with Crippen LogP contribution in [0.3, 0.4) is 0 Å². The summed E-state index contributed by atoms with van der Waals surface area (Å²) in [6.07, 6.45) is 1.85. The summed E-state index contributed by atoms with van der Waals surface area (Å²) in [4.78, 5) is 0. The molecule has 0 aliphatic heterocycles. The maximum atomic E-state index is 13.6. The lowest BCUT2D eigenvalue weighted by atomic mass is 10.2. The molecule has 0 atom stereocenters. The Kier molecular flexibility index (Phi) is 7.36. The maximum absolute atomic E-state index is 13.6. The number of hydrogen-bond acceptors (Lipinski definition) is 4. The van der Waals surface area contributed by atoms with E-state index in [0.29, 0.717) is 37.4 Å². The van der Waals surface area contributed by atoms with Crippen LogP contribution in [0.4, 0.5) is 4.39 Å². The average molecular weight is 366 g/mol. The van der Waals surface area contributed by atoms with Crippen molar-refractivity contribution >= 4 is 10.0 Å². The molecule has 0 bridgehead atoms. The van der Waals surface area contributed by atoms with Crippen molar-refractivity contribution in [3.05, 3.63) is 65.5 Å². The van der Waals surface area contributed by atoms with Crippen LogP contribution in [-0.4, -0.2) is 27.8 Å². The van der Waals surface area contributed by atoms with Gasteiger partial charge in [-0.3, -0.25) is 0 Å². The van der Waals surface area contributed by atoms with E-state index in [1.807, 2.05) is 24.3 Å². The lowest BCUT2D eigenvalue weighted by molar-refractivity contribution is 0.299. The topological polar surface area (TPSA) is 67.4 Å². The van der Waals surface area contributed by atoms with E-state index in [0.717, 1.165) is 11.8 Å². The summed E-state index contributed by atoms with van der Waals surface area (Å²) in [6.45, 7) is 1.94. The largest absolute Gasteiger partial charge is 0.489 e. The molecule has 7 heteroatoms. The van der Waals surface area contributed by atoms with E-state index in [2.05, 4.69) is 10.0 Å². The fraction of sp³-hybridized carbons (Fsp3) is 0.333. The molecular weight excluding hydrogens is 343 g/mol. The van der Waals surface area contributed by atoms with Gasteiger partial charge in [-0.2, -0.15) is 0 Å². The van der Waals surface area contributed by atoms with E-state index < -0.39 is 10.0 Å². The normalized spacial score (nSPS) is 11.4. The van der Waals surface area contributed by atoms with Gasteiger partial charge in [-0.05, 0) is 36.7 Å². The molecule has 0 aromatic heterocycles. The molecule has 2 aromatic carbocycles. The summed E-state index contributed by atoms with van der Waals surface area (Å²) in [6, 6.07) is 14.1. The number of hydrogen-bond donors (Lipinski definition) is 2. The summed E-state index contributed by atoms with van der Waals surface area (Å²) in [7, 11) is -3.12. The molecule has 2 rings (SSSR count). The van der Waals surface area contributed by atoms with E-state index in [4.69, 9.17) is 4.74 Å². The molecule has 0 saturated carbocycles. The second-order valence-corrected chi connectivity index (χ2v) is 7.56. The molecule has 0 unspecified atom stereocenters. The van der Waals surface area contributed by atoms with Crippen LogP contribution in [0.2, 0.25) is 0 Å². The Morgan fingerprint density at radius 3 is 2.64 bits per heavy atom. The van der Waals surface area contributed by atoms with Gasteiger partial charge in [0.05, 0.1) is 6.26 Å². The third-order valence-corrected chi connectivity index (χ3v) is 4.20. The molecule has 0 aliphatic carbocycles. The minimum atomic E-state index is -3.12. The van der Waals surface area contributed by atoms with Crippen LogP contribution >= 0.6 is 0 Å². The van der Waals surface area contributed by atoms with Crippen LogP contribution in [0.25, 0.3) is 0 Å². The van der Waals surface area contributed by atoms with Crippen LogP contribution in [-0.2, 0) is 23.2 Å². The SMILES string of the molecule is CS(=O)(=O)NCCCNCc1cccc(OCc2ccccc2F)c1. The number of rotatable bonds is 10. The van der Waals surface area contributed by atoms with E-state index in [-0.39, 0.29) is 12.4 Å². The van der Waals surface area contributed by atoms with Crippen LogP contribution in [0.1, 0.15) is 17.5 Å². The molecule has 136 valence electrons. The second-order valence-electron chi connectivity index (χ2n) is 5.72. The lowest BCUT2D eigenvalue weighted by Crippen LogP contribution is -2.26. The Hall–Kier alpha value is -1.96. The first kappa shape index (κ1) is 19.4. The highest BCUT2D eigenvalue weighted by molar-refractivity contribution is 7.88. The monoisotopic (exact) mass is 366 g/mol. The summed E-state index contributed by atoms with van der Waals surface area (Å²) in [5.74, 6) is 0.407. The number of sulfonamides is 1. The van der Waals surface area contributed by atoms with Gasteiger partial charge in [-0.1, -0.05) is 30.3 Å². The van der Waals surface area contributed by atoms with Gasteiger partial charge >= 0.3 is 0 Å². The van der Waals surface area contributed by atoms with Gasteiger partial charge < -0.3 is 10.1 Å². The molecule has 0 saturated heterocycles. The fourth-order valence-corrected chi connectivity index (χ4v) is 2.74. The van der Waals surface area contributed by atoms with Crippen molar-refractivity contribution < 1.29 is 17.5 Å². The summed E-state index contributed by atoms with van der Waals surface area (Å²) < 4.78 is 43.6. The van der Waals surface area contributed by atoms with Crippen molar-refractivity contribution in [2.75, 3.05) is 19.3 Å². The fourth-order valence-electron chi connectivity index (χ4n) is 2.23. The Balaban J connectivity index is 1.74. The van der Waals surface area contributed by atoms with Crippen molar-refractivity contribution in [3.63, 3.8) is 0 Å². The minimum absolute atomic E-state index is 0.181. The first-order valence-corrected chi connectivity index (χ1v) is 9.94. The van der Waals surface area contributed by atoms with Crippen LogP contribution in [0.15, 0.2) is 48.5 Å². The van der Waals surface area contributed by atoms with Gasteiger partial charge in [0.1, 0.15) is 18.2 Å². The zero-order valence-electron chi connectivity index (χ0n) is 14.2. The van der Waals surface area contributed by atoms with E-state index >= 15 is 0 Å². The van der Waals surface area contributed by atoms with E-state index in [9.17, 15) is 12.8 Å². The van der Waals surface area contributed by atoms with Crippen LogP contribution in [0.5, 0.6) is 5.75 Å². The van der Waals surface area contributed by atoms with Gasteiger partial charge in [0.15, 0.2) is 0 Å². The summed E-state index contributed by atoms with van der Waals surface area (Å²) >= 11 is 0. The van der Waals surface area contributed by atoms with Gasteiger partial charge in [-0.25, -0.2) is 17.5 Å². The average Bonchev–Trinajstić information content (AvgIpc) is 2.57. The standard InChI is InChI=1S/C18H23FN2O3S/c1-25(22,23)21-11-5-10-20-13-15-6-4-8-17(12-15)24-14-16-7-2-3-9-18(16)19/h2-4,6-9,12,20-21H,5,10-11,13-14H2,1H3. The van der Waals surface area contributed by atoms with Gasteiger partial charge in [0, 0.05) is 18.7 Å².